The van der Waals surface area contributed by atoms with Crippen LogP contribution < -0.4 is 16.0 Å². The SMILES string of the molecule is O=C(CNC(=O)c1ccn(C2CCCNC2)n1)Nc1cccc2cccnc12. The third kappa shape index (κ3) is 4.01. The molecular weight excluding hydrogens is 356 g/mol. The van der Waals surface area contributed by atoms with Crippen molar-refractivity contribution in [3.8, 4) is 0 Å². The largest absolute Gasteiger partial charge is 0.342 e. The number of piperidine rings is 1. The van der Waals surface area contributed by atoms with Gasteiger partial charge in [-0.1, -0.05) is 18.2 Å². The first-order valence-corrected chi connectivity index (χ1v) is 9.38. The number of hydrogen-bond donors (Lipinski definition) is 3. The molecule has 1 fully saturated rings. The standard InChI is InChI=1S/C20H22N6O2/c27-18(24-16-7-1-4-14-5-2-10-22-19(14)16)13-23-20(28)17-8-11-26(25-17)15-6-3-9-21-12-15/h1-2,4-5,7-8,10-11,15,21H,3,6,9,12-13H2,(H,23,28)(H,24,27). The van der Waals surface area contributed by atoms with Crippen molar-refractivity contribution in [3.63, 3.8) is 0 Å². The van der Waals surface area contributed by atoms with Gasteiger partial charge in [-0.3, -0.25) is 19.3 Å². The summed E-state index contributed by atoms with van der Waals surface area (Å²) < 4.78 is 1.82. The molecule has 1 aliphatic heterocycles. The molecule has 0 bridgehead atoms. The number of nitrogens with zero attached hydrogens (tertiary/aromatic N) is 3. The second-order valence-corrected chi connectivity index (χ2v) is 6.79. The van der Waals surface area contributed by atoms with Gasteiger partial charge in [0, 0.05) is 24.3 Å². The van der Waals surface area contributed by atoms with E-state index in [0.717, 1.165) is 31.3 Å². The predicted molar refractivity (Wildman–Crippen MR) is 106 cm³/mol. The Balaban J connectivity index is 1.34. The lowest BCUT2D eigenvalue weighted by molar-refractivity contribution is -0.115. The summed E-state index contributed by atoms with van der Waals surface area (Å²) >= 11 is 0. The first kappa shape index (κ1) is 18.1. The Morgan fingerprint density at radius 2 is 2.11 bits per heavy atom. The quantitative estimate of drug-likeness (QED) is 0.628. The molecule has 0 radical (unpaired) electrons. The highest BCUT2D eigenvalue weighted by molar-refractivity contribution is 6.02. The molecule has 28 heavy (non-hydrogen) atoms. The number of carbonyl (C=O) groups excluding carboxylic acids is 2. The van der Waals surface area contributed by atoms with Crippen LogP contribution in [0.15, 0.2) is 48.8 Å². The van der Waals surface area contributed by atoms with Crippen LogP contribution in [0.4, 0.5) is 5.69 Å². The Morgan fingerprint density at radius 1 is 1.21 bits per heavy atom. The average molecular weight is 378 g/mol. The number of carbonyl (C=O) groups is 2. The normalized spacial score (nSPS) is 16.6. The smallest absolute Gasteiger partial charge is 0.272 e. The van der Waals surface area contributed by atoms with Gasteiger partial charge in [0.1, 0.15) is 5.69 Å². The van der Waals surface area contributed by atoms with Crippen LogP contribution in [0.1, 0.15) is 29.4 Å². The molecule has 1 aromatic carbocycles. The summed E-state index contributed by atoms with van der Waals surface area (Å²) in [5, 5.41) is 14.0. The fourth-order valence-corrected chi connectivity index (χ4v) is 3.37. The van der Waals surface area contributed by atoms with Crippen LogP contribution in [-0.2, 0) is 4.79 Å². The zero-order valence-electron chi connectivity index (χ0n) is 15.4. The summed E-state index contributed by atoms with van der Waals surface area (Å²) in [5.41, 5.74) is 1.64. The predicted octanol–water partition coefficient (Wildman–Crippen LogP) is 1.72. The molecule has 8 nitrogen and oxygen atoms in total. The van der Waals surface area contributed by atoms with E-state index in [1.807, 2.05) is 35.1 Å². The molecule has 1 atom stereocenters. The van der Waals surface area contributed by atoms with Gasteiger partial charge >= 0.3 is 0 Å². The highest BCUT2D eigenvalue weighted by atomic mass is 16.2. The van der Waals surface area contributed by atoms with Crippen LogP contribution in [-0.4, -0.2) is 46.2 Å². The molecule has 3 aromatic rings. The molecule has 0 spiro atoms. The monoisotopic (exact) mass is 378 g/mol. The van der Waals surface area contributed by atoms with Crippen molar-refractivity contribution in [2.24, 2.45) is 0 Å². The molecule has 144 valence electrons. The maximum absolute atomic E-state index is 12.3. The third-order valence-electron chi connectivity index (χ3n) is 4.80. The lowest BCUT2D eigenvalue weighted by atomic mass is 10.1. The zero-order chi connectivity index (χ0) is 19.3. The average Bonchev–Trinajstić information content (AvgIpc) is 3.23. The van der Waals surface area contributed by atoms with Crippen molar-refractivity contribution in [1.82, 2.24) is 25.4 Å². The molecule has 1 saturated heterocycles. The van der Waals surface area contributed by atoms with Crippen molar-refractivity contribution in [2.75, 3.05) is 25.0 Å². The van der Waals surface area contributed by atoms with Gasteiger partial charge in [0.2, 0.25) is 5.91 Å². The number of nitrogens with one attached hydrogen (secondary N) is 3. The first-order valence-electron chi connectivity index (χ1n) is 9.38. The van der Waals surface area contributed by atoms with Crippen LogP contribution in [0.3, 0.4) is 0 Å². The molecular formula is C20H22N6O2. The maximum Gasteiger partial charge on any atom is 0.272 e. The molecule has 1 aliphatic rings. The third-order valence-corrected chi connectivity index (χ3v) is 4.80. The highest BCUT2D eigenvalue weighted by Gasteiger charge is 2.18. The second kappa shape index (κ2) is 8.18. The van der Waals surface area contributed by atoms with Gasteiger partial charge in [0.15, 0.2) is 0 Å². The lowest BCUT2D eigenvalue weighted by Crippen LogP contribution is -2.34. The molecule has 2 aromatic heterocycles. The number of amides is 2. The molecule has 3 heterocycles. The Hall–Kier alpha value is -3.26. The molecule has 0 aliphatic carbocycles. The minimum Gasteiger partial charge on any atom is -0.342 e. The number of benzene rings is 1. The van der Waals surface area contributed by atoms with Crippen molar-refractivity contribution in [1.29, 1.82) is 0 Å². The van der Waals surface area contributed by atoms with E-state index in [1.54, 1.807) is 18.3 Å². The molecule has 8 heteroatoms. The van der Waals surface area contributed by atoms with Crippen molar-refractivity contribution >= 4 is 28.4 Å². The zero-order valence-corrected chi connectivity index (χ0v) is 15.4. The van der Waals surface area contributed by atoms with E-state index in [-0.39, 0.29) is 24.4 Å². The number of para-hydroxylation sites is 1. The molecule has 4 rings (SSSR count). The maximum atomic E-state index is 12.3. The summed E-state index contributed by atoms with van der Waals surface area (Å²) in [6.07, 6.45) is 5.62. The molecule has 1 unspecified atom stereocenters. The fourth-order valence-electron chi connectivity index (χ4n) is 3.37. The summed E-state index contributed by atoms with van der Waals surface area (Å²) in [6, 6.07) is 11.3. The van der Waals surface area contributed by atoms with Gasteiger partial charge in [-0.2, -0.15) is 5.10 Å². The van der Waals surface area contributed by atoms with Gasteiger partial charge in [0.25, 0.3) is 5.91 Å². The first-order chi connectivity index (χ1) is 13.7. The highest BCUT2D eigenvalue weighted by Crippen LogP contribution is 2.20. The van der Waals surface area contributed by atoms with E-state index in [2.05, 4.69) is 26.0 Å². The Bertz CT molecular complexity index is 988. The molecule has 0 saturated carbocycles. The van der Waals surface area contributed by atoms with Crippen LogP contribution >= 0.6 is 0 Å². The number of hydrogen-bond acceptors (Lipinski definition) is 5. The van der Waals surface area contributed by atoms with Crippen molar-refractivity contribution < 1.29 is 9.59 Å². The van der Waals surface area contributed by atoms with Crippen LogP contribution in [0.25, 0.3) is 10.9 Å². The van der Waals surface area contributed by atoms with E-state index >= 15 is 0 Å². The van der Waals surface area contributed by atoms with Crippen LogP contribution in [0.2, 0.25) is 0 Å². The van der Waals surface area contributed by atoms with Crippen LogP contribution in [0, 0.1) is 0 Å². The summed E-state index contributed by atoms with van der Waals surface area (Å²) in [5.74, 6) is -0.684. The van der Waals surface area contributed by atoms with E-state index < -0.39 is 0 Å². The lowest BCUT2D eigenvalue weighted by Gasteiger charge is -2.22. The summed E-state index contributed by atoms with van der Waals surface area (Å²) in [4.78, 5) is 28.9. The minimum absolute atomic E-state index is 0.139. The topological polar surface area (TPSA) is 101 Å². The van der Waals surface area contributed by atoms with Crippen molar-refractivity contribution in [2.45, 2.75) is 18.9 Å². The van der Waals surface area contributed by atoms with Gasteiger partial charge in [0.05, 0.1) is 23.8 Å². The minimum atomic E-state index is -0.367. The van der Waals surface area contributed by atoms with Gasteiger partial charge < -0.3 is 16.0 Å². The van der Waals surface area contributed by atoms with Gasteiger partial charge in [-0.15, -0.1) is 0 Å². The van der Waals surface area contributed by atoms with Crippen LogP contribution in [0.5, 0.6) is 0 Å². The number of anilines is 1. The summed E-state index contributed by atoms with van der Waals surface area (Å²) in [7, 11) is 0. The second-order valence-electron chi connectivity index (χ2n) is 6.79. The number of aromatic nitrogens is 3. The number of pyridine rings is 1. The fraction of sp³-hybridized carbons (Fsp3) is 0.300. The van der Waals surface area contributed by atoms with E-state index in [1.165, 1.54) is 0 Å². The summed E-state index contributed by atoms with van der Waals surface area (Å²) in [6.45, 7) is 1.73. The van der Waals surface area contributed by atoms with E-state index in [4.69, 9.17) is 0 Å². The van der Waals surface area contributed by atoms with E-state index in [0.29, 0.717) is 16.9 Å². The van der Waals surface area contributed by atoms with Gasteiger partial charge in [-0.25, -0.2) is 0 Å². The van der Waals surface area contributed by atoms with Crippen molar-refractivity contribution in [3.05, 3.63) is 54.5 Å². The Kier molecular flexibility index (Phi) is 5.29. The Morgan fingerprint density at radius 3 is 2.96 bits per heavy atom. The molecule has 2 amide bonds. The number of fused-ring (bicyclic) bond motifs is 1. The molecule has 3 N–H and O–H groups in total. The van der Waals surface area contributed by atoms with E-state index in [9.17, 15) is 9.59 Å². The van der Waals surface area contributed by atoms with Gasteiger partial charge in [-0.05, 0) is 37.6 Å². The Labute approximate surface area is 162 Å². The number of rotatable bonds is 5.